The number of carbonyl (C=O) groups excluding carboxylic acids is 3. The van der Waals surface area contributed by atoms with Crippen LogP contribution in [0.1, 0.15) is 10.4 Å². The fourth-order valence-electron chi connectivity index (χ4n) is 3.11. The lowest BCUT2D eigenvalue weighted by atomic mass is 10.2. The smallest absolute Gasteiger partial charge is 0.255 e. The van der Waals surface area contributed by atoms with Crippen LogP contribution in [-0.2, 0) is 14.3 Å². The van der Waals surface area contributed by atoms with Crippen molar-refractivity contribution < 1.29 is 19.1 Å². The first kappa shape index (κ1) is 22.1. The first-order valence-corrected chi connectivity index (χ1v) is 10.0. The molecule has 0 unspecified atom stereocenters. The Morgan fingerprint density at radius 3 is 2.60 bits per heavy atom. The SMILES string of the molecule is COCCN(CC(=O)N1CC(=O)N(c2cccc(Cl)c2)C1)C(=O)c1ccccc1Cl. The first-order valence-electron chi connectivity index (χ1n) is 9.27. The zero-order valence-electron chi connectivity index (χ0n) is 16.4. The van der Waals surface area contributed by atoms with Crippen LogP contribution < -0.4 is 4.90 Å². The second-order valence-electron chi connectivity index (χ2n) is 6.73. The van der Waals surface area contributed by atoms with Crippen molar-refractivity contribution in [3.63, 3.8) is 0 Å². The maximum absolute atomic E-state index is 12.9. The molecule has 1 heterocycles. The fourth-order valence-corrected chi connectivity index (χ4v) is 3.51. The lowest BCUT2D eigenvalue weighted by Crippen LogP contribution is -2.44. The van der Waals surface area contributed by atoms with Gasteiger partial charge in [-0.3, -0.25) is 19.3 Å². The predicted molar refractivity (Wildman–Crippen MR) is 115 cm³/mol. The first-order chi connectivity index (χ1) is 14.4. The van der Waals surface area contributed by atoms with E-state index < -0.39 is 0 Å². The Kier molecular flexibility index (Phi) is 7.31. The van der Waals surface area contributed by atoms with Gasteiger partial charge in [-0.25, -0.2) is 0 Å². The summed E-state index contributed by atoms with van der Waals surface area (Å²) in [6.07, 6.45) is 0. The van der Waals surface area contributed by atoms with E-state index in [2.05, 4.69) is 0 Å². The van der Waals surface area contributed by atoms with Crippen molar-refractivity contribution in [2.75, 3.05) is 44.9 Å². The summed E-state index contributed by atoms with van der Waals surface area (Å²) in [4.78, 5) is 42.5. The molecule has 0 saturated carbocycles. The zero-order valence-corrected chi connectivity index (χ0v) is 17.9. The van der Waals surface area contributed by atoms with Gasteiger partial charge in [-0.2, -0.15) is 0 Å². The molecule has 0 bridgehead atoms. The monoisotopic (exact) mass is 449 g/mol. The maximum atomic E-state index is 12.9. The van der Waals surface area contributed by atoms with Crippen molar-refractivity contribution in [3.05, 3.63) is 64.1 Å². The molecule has 7 nitrogen and oxygen atoms in total. The minimum absolute atomic E-state index is 0.0657. The second-order valence-corrected chi connectivity index (χ2v) is 7.58. The van der Waals surface area contributed by atoms with Crippen molar-refractivity contribution in [1.29, 1.82) is 0 Å². The molecule has 0 spiro atoms. The van der Waals surface area contributed by atoms with Gasteiger partial charge in [0.2, 0.25) is 11.8 Å². The molecule has 2 aromatic rings. The van der Waals surface area contributed by atoms with E-state index in [0.717, 1.165) is 0 Å². The zero-order chi connectivity index (χ0) is 21.7. The number of hydrogen-bond donors (Lipinski definition) is 0. The van der Waals surface area contributed by atoms with Gasteiger partial charge in [0.05, 0.1) is 17.2 Å². The Labute approximate surface area is 184 Å². The van der Waals surface area contributed by atoms with Gasteiger partial charge in [0.1, 0.15) is 19.8 Å². The third kappa shape index (κ3) is 5.11. The number of anilines is 1. The topological polar surface area (TPSA) is 70.2 Å². The number of carbonyl (C=O) groups is 3. The van der Waals surface area contributed by atoms with Crippen LogP contribution in [0, 0.1) is 0 Å². The average molecular weight is 450 g/mol. The molecule has 9 heteroatoms. The number of amides is 3. The molecule has 0 radical (unpaired) electrons. The highest BCUT2D eigenvalue weighted by Gasteiger charge is 2.33. The highest BCUT2D eigenvalue weighted by molar-refractivity contribution is 6.33. The summed E-state index contributed by atoms with van der Waals surface area (Å²) in [5, 5.41) is 0.807. The molecule has 30 heavy (non-hydrogen) atoms. The lowest BCUT2D eigenvalue weighted by molar-refractivity contribution is -0.132. The predicted octanol–water partition coefficient (Wildman–Crippen LogP) is 2.91. The largest absolute Gasteiger partial charge is 0.383 e. The van der Waals surface area contributed by atoms with E-state index in [4.69, 9.17) is 27.9 Å². The fraction of sp³-hybridized carbons (Fsp3) is 0.286. The number of hydrogen-bond acceptors (Lipinski definition) is 4. The van der Waals surface area contributed by atoms with Crippen molar-refractivity contribution in [2.24, 2.45) is 0 Å². The van der Waals surface area contributed by atoms with Gasteiger partial charge in [-0.05, 0) is 30.3 Å². The Balaban J connectivity index is 1.72. The van der Waals surface area contributed by atoms with E-state index >= 15 is 0 Å². The molecule has 3 rings (SSSR count). The van der Waals surface area contributed by atoms with E-state index in [9.17, 15) is 14.4 Å². The van der Waals surface area contributed by atoms with E-state index in [0.29, 0.717) is 21.3 Å². The number of methoxy groups -OCH3 is 1. The molecule has 2 aromatic carbocycles. The number of nitrogens with zero attached hydrogens (tertiary/aromatic N) is 3. The summed E-state index contributed by atoms with van der Waals surface area (Å²) in [7, 11) is 1.52. The molecule has 158 valence electrons. The molecule has 0 aromatic heterocycles. The Morgan fingerprint density at radius 1 is 1.13 bits per heavy atom. The van der Waals surface area contributed by atoms with Crippen LogP contribution in [0.3, 0.4) is 0 Å². The minimum Gasteiger partial charge on any atom is -0.383 e. The van der Waals surface area contributed by atoms with Crippen LogP contribution in [0.15, 0.2) is 48.5 Å². The Bertz CT molecular complexity index is 953. The number of benzene rings is 2. The summed E-state index contributed by atoms with van der Waals surface area (Å²) < 4.78 is 5.07. The minimum atomic E-state index is -0.372. The van der Waals surface area contributed by atoms with Gasteiger partial charge in [-0.15, -0.1) is 0 Å². The number of rotatable bonds is 7. The molecule has 1 aliphatic rings. The second kappa shape index (κ2) is 9.93. The Morgan fingerprint density at radius 2 is 1.90 bits per heavy atom. The summed E-state index contributed by atoms with van der Waals surface area (Å²) in [5.74, 6) is -0.931. The van der Waals surface area contributed by atoms with Crippen molar-refractivity contribution >= 4 is 46.6 Å². The van der Waals surface area contributed by atoms with E-state index in [1.165, 1.54) is 21.8 Å². The van der Waals surface area contributed by atoms with Crippen LogP contribution in [0.25, 0.3) is 0 Å². The third-order valence-corrected chi connectivity index (χ3v) is 5.26. The molecule has 0 N–H and O–H groups in total. The average Bonchev–Trinajstić information content (AvgIpc) is 3.12. The van der Waals surface area contributed by atoms with E-state index in [1.807, 2.05) is 0 Å². The number of halogens is 2. The van der Waals surface area contributed by atoms with Gasteiger partial charge in [-0.1, -0.05) is 41.4 Å². The molecular weight excluding hydrogens is 429 g/mol. The van der Waals surface area contributed by atoms with Gasteiger partial charge in [0.25, 0.3) is 5.91 Å². The van der Waals surface area contributed by atoms with Gasteiger partial charge in [0.15, 0.2) is 0 Å². The number of ether oxygens (including phenoxy) is 1. The molecule has 1 fully saturated rings. The van der Waals surface area contributed by atoms with Gasteiger partial charge in [0, 0.05) is 24.4 Å². The lowest BCUT2D eigenvalue weighted by Gasteiger charge is -2.25. The quantitative estimate of drug-likeness (QED) is 0.651. The van der Waals surface area contributed by atoms with Crippen LogP contribution in [0.2, 0.25) is 10.0 Å². The van der Waals surface area contributed by atoms with Crippen molar-refractivity contribution in [2.45, 2.75) is 0 Å². The molecule has 1 saturated heterocycles. The standard InChI is InChI=1S/C21H21Cl2N3O4/c1-30-10-9-24(21(29)17-7-2-3-8-18(17)23)12-19(27)25-13-20(28)26(14-25)16-6-4-5-15(22)11-16/h2-8,11H,9-10,12-14H2,1H3. The molecule has 0 atom stereocenters. The highest BCUT2D eigenvalue weighted by Crippen LogP contribution is 2.23. The summed E-state index contributed by atoms with van der Waals surface area (Å²) in [5.41, 5.74) is 0.923. The summed E-state index contributed by atoms with van der Waals surface area (Å²) >= 11 is 12.2. The Hall–Kier alpha value is -2.61. The molecule has 1 aliphatic heterocycles. The van der Waals surface area contributed by atoms with E-state index in [-0.39, 0.29) is 50.6 Å². The van der Waals surface area contributed by atoms with Crippen LogP contribution in [-0.4, -0.2) is 67.5 Å². The van der Waals surface area contributed by atoms with Crippen molar-refractivity contribution in [3.8, 4) is 0 Å². The van der Waals surface area contributed by atoms with Crippen molar-refractivity contribution in [1.82, 2.24) is 9.80 Å². The molecule has 0 aliphatic carbocycles. The summed E-state index contributed by atoms with van der Waals surface area (Å²) in [6, 6.07) is 13.5. The third-order valence-electron chi connectivity index (χ3n) is 4.69. The highest BCUT2D eigenvalue weighted by atomic mass is 35.5. The van der Waals surface area contributed by atoms with Gasteiger partial charge >= 0.3 is 0 Å². The van der Waals surface area contributed by atoms with Gasteiger partial charge < -0.3 is 14.5 Å². The molecule has 3 amide bonds. The molecular formula is C21H21Cl2N3O4. The van der Waals surface area contributed by atoms with Crippen LogP contribution >= 0.6 is 23.2 Å². The van der Waals surface area contributed by atoms with Crippen LogP contribution in [0.5, 0.6) is 0 Å². The summed E-state index contributed by atoms with van der Waals surface area (Å²) in [6.45, 7) is 0.313. The normalized spacial score (nSPS) is 13.6. The van der Waals surface area contributed by atoms with E-state index in [1.54, 1.807) is 48.5 Å². The van der Waals surface area contributed by atoms with Crippen LogP contribution in [0.4, 0.5) is 5.69 Å². The maximum Gasteiger partial charge on any atom is 0.255 e.